The molecule has 150 valence electrons. The molecule has 0 saturated heterocycles. The van der Waals surface area contributed by atoms with Gasteiger partial charge in [0.2, 0.25) is 11.6 Å². The molecule has 2 aromatic carbocycles. The Morgan fingerprint density at radius 3 is 2.55 bits per heavy atom. The average Bonchev–Trinajstić information content (AvgIpc) is 3.51. The Morgan fingerprint density at radius 2 is 1.93 bits per heavy atom. The first kappa shape index (κ1) is 19.3. The van der Waals surface area contributed by atoms with Crippen molar-refractivity contribution in [3.05, 3.63) is 64.8 Å². The molecular weight excluding hydrogens is 394 g/mol. The molecule has 0 unspecified atom stereocenters. The largest absolute Gasteiger partial charge is 0.539 e. The lowest BCUT2D eigenvalue weighted by Crippen LogP contribution is -2.42. The Hall–Kier alpha value is -3.06. The topological polar surface area (TPSA) is 82.5 Å². The van der Waals surface area contributed by atoms with Gasteiger partial charge in [0, 0.05) is 23.2 Å². The number of benzene rings is 2. The van der Waals surface area contributed by atoms with Gasteiger partial charge in [-0.05, 0) is 47.4 Å². The second-order valence-electron chi connectivity index (χ2n) is 6.97. The summed E-state index contributed by atoms with van der Waals surface area (Å²) in [5.74, 6) is 0.0990. The Bertz CT molecular complexity index is 998. The number of halogens is 1. The number of nitrogens with zero attached hydrogens (tertiary/aromatic N) is 3. The molecule has 4 rings (SSSR count). The van der Waals surface area contributed by atoms with Crippen molar-refractivity contribution in [2.24, 2.45) is 0 Å². The van der Waals surface area contributed by atoms with E-state index in [1.807, 2.05) is 12.1 Å². The van der Waals surface area contributed by atoms with Crippen molar-refractivity contribution in [2.75, 3.05) is 7.11 Å². The average molecular weight is 414 g/mol. The standard InChI is InChI=1S/C21H20ClN3O4/c1-28-18-10-8-17(9-11-18)25-19(21(27)29-23-25)13-24(16-6-7-16)20(26)12-14-2-4-15(22)5-3-14/h2-5,8-11,16H,6-7,12-13H2,1H3. The molecule has 8 heteroatoms. The van der Waals surface area contributed by atoms with Gasteiger partial charge < -0.3 is 19.3 Å². The van der Waals surface area contributed by atoms with E-state index in [0.29, 0.717) is 22.2 Å². The van der Waals surface area contributed by atoms with Crippen molar-refractivity contribution >= 4 is 17.5 Å². The zero-order valence-electron chi connectivity index (χ0n) is 15.9. The molecule has 1 saturated carbocycles. The van der Waals surface area contributed by atoms with Gasteiger partial charge in [-0.1, -0.05) is 23.7 Å². The van der Waals surface area contributed by atoms with Gasteiger partial charge >= 0.3 is 0 Å². The van der Waals surface area contributed by atoms with Crippen LogP contribution in [0.2, 0.25) is 5.02 Å². The third-order valence-corrected chi connectivity index (χ3v) is 5.16. The fraction of sp³-hybridized carbons (Fsp3) is 0.286. The summed E-state index contributed by atoms with van der Waals surface area (Å²) in [7, 11) is 1.58. The number of hydrogen-bond acceptors (Lipinski definition) is 5. The van der Waals surface area contributed by atoms with E-state index in [9.17, 15) is 9.90 Å². The van der Waals surface area contributed by atoms with E-state index >= 15 is 0 Å². The highest BCUT2D eigenvalue weighted by Gasteiger charge is 2.35. The van der Waals surface area contributed by atoms with Crippen molar-refractivity contribution in [1.29, 1.82) is 0 Å². The molecular formula is C21H20ClN3O4. The normalized spacial score (nSPS) is 13.3. The van der Waals surface area contributed by atoms with Gasteiger partial charge in [-0.3, -0.25) is 4.79 Å². The number of aromatic nitrogens is 2. The van der Waals surface area contributed by atoms with Gasteiger partial charge in [0.15, 0.2) is 5.95 Å². The first-order valence-corrected chi connectivity index (χ1v) is 9.69. The molecule has 0 aliphatic heterocycles. The lowest BCUT2D eigenvalue weighted by atomic mass is 10.1. The molecule has 1 aliphatic rings. The van der Waals surface area contributed by atoms with Crippen molar-refractivity contribution < 1.29 is 23.8 Å². The van der Waals surface area contributed by atoms with E-state index < -0.39 is 5.95 Å². The number of amides is 1. The highest BCUT2D eigenvalue weighted by Crippen LogP contribution is 2.30. The Morgan fingerprint density at radius 1 is 1.24 bits per heavy atom. The molecule has 0 atom stereocenters. The molecule has 1 aliphatic carbocycles. The third kappa shape index (κ3) is 4.35. The molecule has 1 fully saturated rings. The van der Waals surface area contributed by atoms with E-state index in [1.165, 1.54) is 4.68 Å². The summed E-state index contributed by atoms with van der Waals surface area (Å²) in [5.41, 5.74) is 1.85. The third-order valence-electron chi connectivity index (χ3n) is 4.91. The van der Waals surface area contributed by atoms with Gasteiger partial charge in [0.05, 0.1) is 18.8 Å². The number of hydrogen-bond donors (Lipinski definition) is 0. The van der Waals surface area contributed by atoms with Crippen LogP contribution in [0.15, 0.2) is 53.1 Å². The van der Waals surface area contributed by atoms with Crippen LogP contribution in [-0.4, -0.2) is 29.2 Å². The van der Waals surface area contributed by atoms with Crippen LogP contribution in [0.5, 0.6) is 11.7 Å². The molecule has 1 amide bonds. The molecule has 7 nitrogen and oxygen atoms in total. The molecule has 0 bridgehead atoms. The van der Waals surface area contributed by atoms with Crippen LogP contribution in [0.4, 0.5) is 0 Å². The lowest BCUT2D eigenvalue weighted by Gasteiger charge is -2.21. The second-order valence-corrected chi connectivity index (χ2v) is 7.41. The summed E-state index contributed by atoms with van der Waals surface area (Å²) >= 11 is 5.92. The van der Waals surface area contributed by atoms with Crippen LogP contribution >= 0.6 is 11.6 Å². The molecule has 0 radical (unpaired) electrons. The number of rotatable bonds is 7. The summed E-state index contributed by atoms with van der Waals surface area (Å²) in [6.45, 7) is 0.144. The van der Waals surface area contributed by atoms with Gasteiger partial charge in [0.1, 0.15) is 12.3 Å². The van der Waals surface area contributed by atoms with Crippen LogP contribution < -0.4 is 14.5 Å². The minimum atomic E-state index is -0.550. The van der Waals surface area contributed by atoms with E-state index in [1.54, 1.807) is 48.4 Å². The Balaban J connectivity index is 1.56. The number of methoxy groups -OCH3 is 1. The number of ether oxygens (including phenoxy) is 1. The van der Waals surface area contributed by atoms with E-state index in [2.05, 4.69) is 5.27 Å². The fourth-order valence-corrected chi connectivity index (χ4v) is 3.30. The van der Waals surface area contributed by atoms with Crippen LogP contribution in [-0.2, 0) is 17.8 Å². The molecule has 1 heterocycles. The smallest absolute Gasteiger partial charge is 0.259 e. The molecule has 0 N–H and O–H groups in total. The number of carbonyl (C=O) groups is 1. The molecule has 3 aromatic rings. The maximum atomic E-state index is 13.0. The minimum Gasteiger partial charge on any atom is -0.539 e. The zero-order chi connectivity index (χ0) is 20.4. The van der Waals surface area contributed by atoms with Crippen LogP contribution in [0.25, 0.3) is 5.69 Å². The predicted octanol–water partition coefficient (Wildman–Crippen LogP) is 2.42. The second kappa shape index (κ2) is 8.13. The SMILES string of the molecule is COc1ccc(-[n+]2noc([O-])c2CN(C(=O)Cc2ccc(Cl)cc2)C2CC2)cc1. The summed E-state index contributed by atoms with van der Waals surface area (Å²) < 4.78 is 11.5. The van der Waals surface area contributed by atoms with Crippen molar-refractivity contribution in [1.82, 2.24) is 10.2 Å². The maximum absolute atomic E-state index is 13.0. The summed E-state index contributed by atoms with van der Waals surface area (Å²) in [6, 6.07) is 14.4. The van der Waals surface area contributed by atoms with Crippen LogP contribution in [0.1, 0.15) is 24.1 Å². The highest BCUT2D eigenvalue weighted by atomic mass is 35.5. The van der Waals surface area contributed by atoms with E-state index in [-0.39, 0.29) is 24.9 Å². The minimum absolute atomic E-state index is 0.0447. The monoisotopic (exact) mass is 413 g/mol. The highest BCUT2D eigenvalue weighted by molar-refractivity contribution is 6.30. The van der Waals surface area contributed by atoms with Gasteiger partial charge in [0.25, 0.3) is 5.69 Å². The Kier molecular flexibility index (Phi) is 5.40. The number of carbonyl (C=O) groups excluding carboxylic acids is 1. The lowest BCUT2D eigenvalue weighted by molar-refractivity contribution is -0.678. The predicted molar refractivity (Wildman–Crippen MR) is 103 cm³/mol. The van der Waals surface area contributed by atoms with Gasteiger partial charge in [-0.2, -0.15) is 0 Å². The summed E-state index contributed by atoms with van der Waals surface area (Å²) in [5, 5.41) is 16.8. The van der Waals surface area contributed by atoms with Crippen LogP contribution in [0.3, 0.4) is 0 Å². The fourth-order valence-electron chi connectivity index (χ4n) is 3.17. The summed E-state index contributed by atoms with van der Waals surface area (Å²) in [4.78, 5) is 14.7. The van der Waals surface area contributed by atoms with E-state index in [4.69, 9.17) is 20.9 Å². The van der Waals surface area contributed by atoms with Crippen LogP contribution in [0, 0.1) is 0 Å². The van der Waals surface area contributed by atoms with Crippen molar-refractivity contribution in [3.8, 4) is 17.4 Å². The zero-order valence-corrected chi connectivity index (χ0v) is 16.6. The van der Waals surface area contributed by atoms with Gasteiger partial charge in [-0.25, -0.2) is 0 Å². The van der Waals surface area contributed by atoms with E-state index in [0.717, 1.165) is 18.4 Å². The first-order chi connectivity index (χ1) is 14.0. The van der Waals surface area contributed by atoms with Gasteiger partial charge in [-0.15, -0.1) is 0 Å². The quantitative estimate of drug-likeness (QED) is 0.555. The first-order valence-electron chi connectivity index (χ1n) is 9.31. The van der Waals surface area contributed by atoms with Crippen molar-refractivity contribution in [2.45, 2.75) is 31.8 Å². The van der Waals surface area contributed by atoms with Crippen molar-refractivity contribution in [3.63, 3.8) is 0 Å². The Labute approximate surface area is 173 Å². The molecule has 29 heavy (non-hydrogen) atoms. The molecule has 0 spiro atoms. The maximum Gasteiger partial charge on any atom is 0.259 e. The molecule has 1 aromatic heterocycles. The summed E-state index contributed by atoms with van der Waals surface area (Å²) in [6.07, 6.45) is 2.10.